The molecule has 0 unspecified atom stereocenters. The lowest BCUT2D eigenvalue weighted by atomic mass is 10.2. The van der Waals surface area contributed by atoms with Crippen LogP contribution in [0.15, 0.2) is 40.6 Å². The zero-order chi connectivity index (χ0) is 16.3. The van der Waals surface area contributed by atoms with Gasteiger partial charge >= 0.3 is 0 Å². The fourth-order valence-electron chi connectivity index (χ4n) is 1.78. The summed E-state index contributed by atoms with van der Waals surface area (Å²) in [6.45, 7) is 1.59. The van der Waals surface area contributed by atoms with E-state index in [0.29, 0.717) is 10.0 Å². The summed E-state index contributed by atoms with van der Waals surface area (Å²) in [5.41, 5.74) is 1.57. The van der Waals surface area contributed by atoms with Crippen LogP contribution in [0.5, 0.6) is 0 Å². The Morgan fingerprint density at radius 1 is 1.27 bits per heavy atom. The second-order valence-electron chi connectivity index (χ2n) is 4.68. The lowest BCUT2D eigenvalue weighted by molar-refractivity contribution is -0.116. The van der Waals surface area contributed by atoms with E-state index < -0.39 is 15.9 Å². The van der Waals surface area contributed by atoms with E-state index in [-0.39, 0.29) is 10.8 Å². The van der Waals surface area contributed by atoms with Gasteiger partial charge in [-0.2, -0.15) is 4.31 Å². The molecule has 1 amide bonds. The summed E-state index contributed by atoms with van der Waals surface area (Å²) in [6, 6.07) is 10.2. The Morgan fingerprint density at radius 3 is 2.55 bits per heavy atom. The van der Waals surface area contributed by atoms with Crippen LogP contribution in [0.25, 0.3) is 0 Å². The summed E-state index contributed by atoms with van der Waals surface area (Å²) >= 11 is 6.72. The molecular weight excluding hydrogens is 344 g/mol. The number of carbonyl (C=O) groups excluding carboxylic acids is 1. The second kappa shape index (κ2) is 6.78. The number of carbonyl (C=O) groups is 1. The van der Waals surface area contributed by atoms with Gasteiger partial charge in [0.05, 0.1) is 10.9 Å². The number of nitrogens with zero attached hydrogens (tertiary/aromatic N) is 1. The van der Waals surface area contributed by atoms with Crippen molar-refractivity contribution < 1.29 is 13.2 Å². The van der Waals surface area contributed by atoms with Gasteiger partial charge in [0.25, 0.3) is 10.0 Å². The maximum atomic E-state index is 12.3. The molecule has 0 aliphatic rings. The van der Waals surface area contributed by atoms with Crippen molar-refractivity contribution in [2.24, 2.45) is 0 Å². The van der Waals surface area contributed by atoms with E-state index in [4.69, 9.17) is 11.6 Å². The van der Waals surface area contributed by atoms with Crippen LogP contribution in [0.4, 0.5) is 5.69 Å². The Labute approximate surface area is 138 Å². The largest absolute Gasteiger partial charge is 0.325 e. The molecule has 0 fully saturated rings. The van der Waals surface area contributed by atoms with Crippen LogP contribution in [-0.4, -0.2) is 32.2 Å². The van der Waals surface area contributed by atoms with Crippen molar-refractivity contribution in [2.75, 3.05) is 18.9 Å². The Hall–Kier alpha value is -1.41. The summed E-state index contributed by atoms with van der Waals surface area (Å²) in [4.78, 5) is 12.0. The van der Waals surface area contributed by atoms with Gasteiger partial charge in [0, 0.05) is 12.7 Å². The van der Waals surface area contributed by atoms with E-state index in [2.05, 4.69) is 5.32 Å². The minimum Gasteiger partial charge on any atom is -0.325 e. The number of amides is 1. The molecule has 0 saturated carbocycles. The average Bonchev–Trinajstić information content (AvgIpc) is 2.88. The average molecular weight is 359 g/mol. The topological polar surface area (TPSA) is 66.5 Å². The normalized spacial score (nSPS) is 11.6. The van der Waals surface area contributed by atoms with E-state index in [0.717, 1.165) is 21.2 Å². The summed E-state index contributed by atoms with van der Waals surface area (Å²) in [6.07, 6.45) is 0. The first kappa shape index (κ1) is 17.0. The standard InChI is InChI=1S/C14H15ClN2O3S2/c1-10-5-3-4-6-11(10)16-13(18)9-17(2)22(19,20)14-8-7-12(15)21-14/h3-8H,9H2,1-2H3,(H,16,18). The van der Waals surface area contributed by atoms with Gasteiger partial charge < -0.3 is 5.32 Å². The van der Waals surface area contributed by atoms with Gasteiger partial charge in [-0.3, -0.25) is 4.79 Å². The highest BCUT2D eigenvalue weighted by Gasteiger charge is 2.24. The van der Waals surface area contributed by atoms with Crippen LogP contribution in [0.2, 0.25) is 4.34 Å². The lowest BCUT2D eigenvalue weighted by Gasteiger charge is -2.16. The van der Waals surface area contributed by atoms with E-state index >= 15 is 0 Å². The van der Waals surface area contributed by atoms with Crippen molar-refractivity contribution >= 4 is 44.6 Å². The number of aryl methyl sites for hydroxylation is 1. The molecular formula is C14H15ClN2O3S2. The third-order valence-electron chi connectivity index (χ3n) is 3.00. The Balaban J connectivity index is 2.07. The molecule has 0 aliphatic heterocycles. The number of halogens is 1. The Bertz CT molecular complexity index is 787. The molecule has 1 N–H and O–H groups in total. The Morgan fingerprint density at radius 2 is 1.95 bits per heavy atom. The minimum absolute atomic E-state index is 0.115. The molecule has 0 atom stereocenters. The quantitative estimate of drug-likeness (QED) is 0.893. The van der Waals surface area contributed by atoms with Crippen LogP contribution in [0, 0.1) is 6.92 Å². The fourth-order valence-corrected chi connectivity index (χ4v) is 4.60. The molecule has 22 heavy (non-hydrogen) atoms. The van der Waals surface area contributed by atoms with Crippen molar-refractivity contribution in [2.45, 2.75) is 11.1 Å². The first-order chi connectivity index (χ1) is 10.3. The number of anilines is 1. The number of thiophene rings is 1. The van der Waals surface area contributed by atoms with Gasteiger partial charge in [-0.15, -0.1) is 11.3 Å². The van der Waals surface area contributed by atoms with Crippen molar-refractivity contribution in [3.63, 3.8) is 0 Å². The molecule has 0 saturated heterocycles. The van der Waals surface area contributed by atoms with Gasteiger partial charge in [0.15, 0.2) is 0 Å². The Kier molecular flexibility index (Phi) is 5.23. The van der Waals surface area contributed by atoms with E-state index in [1.807, 2.05) is 19.1 Å². The van der Waals surface area contributed by atoms with Crippen molar-refractivity contribution in [3.8, 4) is 0 Å². The van der Waals surface area contributed by atoms with Crippen LogP contribution in [0.3, 0.4) is 0 Å². The van der Waals surface area contributed by atoms with Crippen molar-refractivity contribution in [1.82, 2.24) is 4.31 Å². The summed E-state index contributed by atoms with van der Waals surface area (Å²) < 4.78 is 26.1. The first-order valence-electron chi connectivity index (χ1n) is 6.38. The summed E-state index contributed by atoms with van der Waals surface area (Å²) in [5.74, 6) is -0.400. The van der Waals surface area contributed by atoms with Gasteiger partial charge in [0.1, 0.15) is 4.21 Å². The van der Waals surface area contributed by atoms with Crippen molar-refractivity contribution in [3.05, 3.63) is 46.3 Å². The maximum Gasteiger partial charge on any atom is 0.252 e. The fraction of sp³-hybridized carbons (Fsp3) is 0.214. The number of benzene rings is 1. The monoisotopic (exact) mass is 358 g/mol. The van der Waals surface area contributed by atoms with Gasteiger partial charge in [0.2, 0.25) is 5.91 Å². The molecule has 2 aromatic rings. The number of para-hydroxylation sites is 1. The van der Waals surface area contributed by atoms with E-state index in [1.165, 1.54) is 19.2 Å². The lowest BCUT2D eigenvalue weighted by Crippen LogP contribution is -2.34. The first-order valence-corrected chi connectivity index (χ1v) is 9.01. The van der Waals surface area contributed by atoms with E-state index in [9.17, 15) is 13.2 Å². The highest BCUT2D eigenvalue weighted by Crippen LogP contribution is 2.27. The predicted molar refractivity (Wildman–Crippen MR) is 89.0 cm³/mol. The SMILES string of the molecule is Cc1ccccc1NC(=O)CN(C)S(=O)(=O)c1ccc(Cl)s1. The number of rotatable bonds is 5. The van der Waals surface area contributed by atoms with Crippen LogP contribution < -0.4 is 5.32 Å². The second-order valence-corrected chi connectivity index (χ2v) is 8.67. The predicted octanol–water partition coefficient (Wildman–Crippen LogP) is 2.97. The number of hydrogen-bond donors (Lipinski definition) is 1. The van der Waals surface area contributed by atoms with Gasteiger partial charge in [-0.1, -0.05) is 29.8 Å². The number of nitrogens with one attached hydrogen (secondary N) is 1. The van der Waals surface area contributed by atoms with E-state index in [1.54, 1.807) is 12.1 Å². The molecule has 0 bridgehead atoms. The van der Waals surface area contributed by atoms with Crippen LogP contribution in [-0.2, 0) is 14.8 Å². The number of sulfonamides is 1. The smallest absolute Gasteiger partial charge is 0.252 e. The number of hydrogen-bond acceptors (Lipinski definition) is 4. The zero-order valence-electron chi connectivity index (χ0n) is 12.0. The summed E-state index contributed by atoms with van der Waals surface area (Å²) in [7, 11) is -2.35. The third-order valence-corrected chi connectivity index (χ3v) is 6.50. The molecule has 0 spiro atoms. The maximum absolute atomic E-state index is 12.3. The highest BCUT2D eigenvalue weighted by molar-refractivity contribution is 7.91. The molecule has 2 rings (SSSR count). The zero-order valence-corrected chi connectivity index (χ0v) is 14.4. The van der Waals surface area contributed by atoms with Crippen LogP contribution in [0.1, 0.15) is 5.56 Å². The molecule has 5 nitrogen and oxygen atoms in total. The third kappa shape index (κ3) is 3.86. The molecule has 0 radical (unpaired) electrons. The minimum atomic E-state index is -3.71. The van der Waals surface area contributed by atoms with Gasteiger partial charge in [-0.05, 0) is 30.7 Å². The molecule has 0 aliphatic carbocycles. The van der Waals surface area contributed by atoms with Crippen molar-refractivity contribution in [1.29, 1.82) is 0 Å². The summed E-state index contributed by atoms with van der Waals surface area (Å²) in [5, 5.41) is 2.70. The van der Waals surface area contributed by atoms with Crippen LogP contribution >= 0.6 is 22.9 Å². The number of likely N-dealkylation sites (N-methyl/N-ethyl adjacent to an activating group) is 1. The molecule has 8 heteroatoms. The van der Waals surface area contributed by atoms with Gasteiger partial charge in [-0.25, -0.2) is 8.42 Å². The molecule has 1 heterocycles. The molecule has 118 valence electrons. The molecule has 1 aromatic heterocycles. The molecule has 1 aromatic carbocycles. The highest BCUT2D eigenvalue weighted by atomic mass is 35.5.